The highest BCUT2D eigenvalue weighted by molar-refractivity contribution is 7.22. The van der Waals surface area contributed by atoms with Crippen LogP contribution in [-0.2, 0) is 17.8 Å². The fourth-order valence-corrected chi connectivity index (χ4v) is 6.85. The van der Waals surface area contributed by atoms with E-state index in [1.165, 1.54) is 17.4 Å². The molecule has 2 fully saturated rings. The number of hydrogen-bond donors (Lipinski definition) is 1. The minimum atomic E-state index is -0.482. The van der Waals surface area contributed by atoms with Gasteiger partial charge in [0.2, 0.25) is 0 Å². The molecule has 42 heavy (non-hydrogen) atoms. The zero-order valence-electron chi connectivity index (χ0n) is 24.2. The third-order valence-corrected chi connectivity index (χ3v) is 9.37. The number of aliphatic hydroxyl groups excluding tert-OH is 1. The van der Waals surface area contributed by atoms with Crippen molar-refractivity contribution in [3.05, 3.63) is 71.8 Å². The molecule has 220 valence electrons. The Kier molecular flexibility index (Phi) is 8.36. The maximum atomic E-state index is 15.0. The molecule has 6 rings (SSSR count). The molecule has 1 aliphatic carbocycles. The lowest BCUT2D eigenvalue weighted by Crippen LogP contribution is -2.59. The van der Waals surface area contributed by atoms with E-state index in [2.05, 4.69) is 34.7 Å². The normalized spacial score (nSPS) is 17.5. The summed E-state index contributed by atoms with van der Waals surface area (Å²) in [6.45, 7) is 9.00. The van der Waals surface area contributed by atoms with E-state index in [0.29, 0.717) is 30.2 Å². The number of carbonyl (C=O) groups is 1. The summed E-state index contributed by atoms with van der Waals surface area (Å²) in [5.41, 5.74) is 3.46. The summed E-state index contributed by atoms with van der Waals surface area (Å²) in [6, 6.07) is 12.7. The minimum Gasteiger partial charge on any atom is -0.453 e. The van der Waals surface area contributed by atoms with E-state index in [1.807, 2.05) is 18.3 Å². The number of aliphatic hydroxyl groups is 1. The lowest BCUT2D eigenvalue weighted by molar-refractivity contribution is -0.118. The number of hydrogen-bond acceptors (Lipinski definition) is 8. The number of ether oxygens (including phenoxy) is 1. The maximum Gasteiger partial charge on any atom is 0.166 e. The number of fused-ring (bicyclic) bond motifs is 1. The highest BCUT2D eigenvalue weighted by Crippen LogP contribution is 2.39. The quantitative estimate of drug-likeness (QED) is 0.227. The predicted octanol–water partition coefficient (Wildman–Crippen LogP) is 6.09. The minimum absolute atomic E-state index is 0.0116. The standard InChI is InChI=1S/C33H37FN4O3S/c1-33(2)21-37(11-12-38(33)13-14-39)20-24-5-7-27(36-19-24)31-18-28-32(42-31)30(9-10-35-28)41-29-8-6-23(17-26(29)34)16-25(40)15-22-3-4-22/h5-10,17-19,22,39H,3-4,11-16,20-21H2,1-2H3. The van der Waals surface area contributed by atoms with Gasteiger partial charge in [-0.2, -0.15) is 0 Å². The molecule has 9 heteroatoms. The SMILES string of the molecule is CC1(C)CN(Cc2ccc(-c3cc4nccc(Oc5ccc(CC(=O)CC6CC6)cc5F)c4s3)nc2)CCN1CCO. The fraction of sp³-hybridized carbons (Fsp3) is 0.424. The van der Waals surface area contributed by atoms with Gasteiger partial charge in [0.15, 0.2) is 11.6 Å². The van der Waals surface area contributed by atoms with Crippen LogP contribution < -0.4 is 4.74 Å². The van der Waals surface area contributed by atoms with Crippen LogP contribution in [-0.4, -0.2) is 69.0 Å². The number of β-amino-alcohol motifs (C(OH)–C–C–N with tert-alkyl or cyclic N) is 1. The summed E-state index contributed by atoms with van der Waals surface area (Å²) < 4.78 is 21.8. The Balaban J connectivity index is 1.13. The number of rotatable bonds is 11. The summed E-state index contributed by atoms with van der Waals surface area (Å²) in [5, 5.41) is 9.37. The molecule has 1 saturated carbocycles. The molecule has 1 aliphatic heterocycles. The topological polar surface area (TPSA) is 78.8 Å². The van der Waals surface area contributed by atoms with E-state index in [0.717, 1.165) is 65.4 Å². The van der Waals surface area contributed by atoms with Crippen LogP contribution in [0.15, 0.2) is 54.9 Å². The van der Waals surface area contributed by atoms with Crippen LogP contribution in [0.4, 0.5) is 4.39 Å². The van der Waals surface area contributed by atoms with Crippen molar-refractivity contribution in [2.45, 2.75) is 51.6 Å². The van der Waals surface area contributed by atoms with Crippen LogP contribution in [0, 0.1) is 11.7 Å². The molecular weight excluding hydrogens is 551 g/mol. The van der Waals surface area contributed by atoms with Gasteiger partial charge in [0.05, 0.1) is 27.4 Å². The third kappa shape index (κ3) is 6.70. The van der Waals surface area contributed by atoms with Gasteiger partial charge < -0.3 is 9.84 Å². The van der Waals surface area contributed by atoms with Crippen molar-refractivity contribution < 1.29 is 19.0 Å². The molecule has 2 aliphatic rings. The number of ketones is 1. The van der Waals surface area contributed by atoms with Crippen LogP contribution in [0.1, 0.15) is 44.2 Å². The molecule has 4 heterocycles. The van der Waals surface area contributed by atoms with Crippen LogP contribution in [0.3, 0.4) is 0 Å². The lowest BCUT2D eigenvalue weighted by atomic mass is 9.98. The average molecular weight is 589 g/mol. The summed E-state index contributed by atoms with van der Waals surface area (Å²) >= 11 is 1.52. The van der Waals surface area contributed by atoms with Crippen molar-refractivity contribution in [1.82, 2.24) is 19.8 Å². The lowest BCUT2D eigenvalue weighted by Gasteiger charge is -2.47. The van der Waals surface area contributed by atoms with Crippen LogP contribution >= 0.6 is 11.3 Å². The van der Waals surface area contributed by atoms with Crippen molar-refractivity contribution in [1.29, 1.82) is 0 Å². The number of pyridine rings is 2. The zero-order valence-corrected chi connectivity index (χ0v) is 25.0. The number of halogens is 1. The first-order valence-electron chi connectivity index (χ1n) is 14.7. The van der Waals surface area contributed by atoms with E-state index < -0.39 is 5.82 Å². The predicted molar refractivity (Wildman–Crippen MR) is 163 cm³/mol. The number of Topliss-reactive ketones (excluding diaryl/α,β-unsaturated/α-hetero) is 1. The Morgan fingerprint density at radius 2 is 1.93 bits per heavy atom. The molecule has 0 atom stereocenters. The molecule has 0 bridgehead atoms. The van der Waals surface area contributed by atoms with Crippen molar-refractivity contribution in [3.8, 4) is 22.1 Å². The third-order valence-electron chi connectivity index (χ3n) is 8.21. The monoisotopic (exact) mass is 588 g/mol. The van der Waals surface area contributed by atoms with Crippen LogP contribution in [0.5, 0.6) is 11.5 Å². The molecule has 0 radical (unpaired) electrons. The van der Waals surface area contributed by atoms with E-state index in [4.69, 9.17) is 9.72 Å². The number of carbonyl (C=O) groups excluding carboxylic acids is 1. The van der Waals surface area contributed by atoms with Gasteiger partial charge in [-0.15, -0.1) is 11.3 Å². The Morgan fingerprint density at radius 3 is 2.64 bits per heavy atom. The number of nitrogens with zero attached hydrogens (tertiary/aromatic N) is 4. The molecule has 0 spiro atoms. The maximum absolute atomic E-state index is 15.0. The Hall–Kier alpha value is -3.24. The summed E-state index contributed by atoms with van der Waals surface area (Å²) in [5.74, 6) is 0.866. The first-order valence-corrected chi connectivity index (χ1v) is 15.5. The summed E-state index contributed by atoms with van der Waals surface area (Å²) in [4.78, 5) is 27.2. The van der Waals surface area contributed by atoms with Gasteiger partial charge in [-0.25, -0.2) is 4.39 Å². The molecule has 0 amide bonds. The molecule has 7 nitrogen and oxygen atoms in total. The highest BCUT2D eigenvalue weighted by atomic mass is 32.1. The first kappa shape index (κ1) is 28.9. The number of piperazine rings is 1. The van der Waals surface area contributed by atoms with Gasteiger partial charge >= 0.3 is 0 Å². The summed E-state index contributed by atoms with van der Waals surface area (Å²) in [6.07, 6.45) is 6.70. The Labute approximate surface area is 250 Å². The van der Waals surface area contributed by atoms with Crippen molar-refractivity contribution in [3.63, 3.8) is 0 Å². The zero-order chi connectivity index (χ0) is 29.3. The van der Waals surface area contributed by atoms with E-state index in [-0.39, 0.29) is 30.1 Å². The Morgan fingerprint density at radius 1 is 1.10 bits per heavy atom. The van der Waals surface area contributed by atoms with Crippen molar-refractivity contribution in [2.24, 2.45) is 5.92 Å². The van der Waals surface area contributed by atoms with Gasteiger partial charge in [-0.1, -0.05) is 12.1 Å². The largest absolute Gasteiger partial charge is 0.453 e. The molecule has 1 saturated heterocycles. The number of thiophene rings is 1. The molecular formula is C33H37FN4O3S. The van der Waals surface area contributed by atoms with Crippen LogP contribution in [0.2, 0.25) is 0 Å². The van der Waals surface area contributed by atoms with Gasteiger partial charge in [0.25, 0.3) is 0 Å². The molecule has 4 aromatic rings. The smallest absolute Gasteiger partial charge is 0.166 e. The van der Waals surface area contributed by atoms with Crippen LogP contribution in [0.25, 0.3) is 20.8 Å². The molecule has 1 N–H and O–H groups in total. The second-order valence-electron chi connectivity index (χ2n) is 12.1. The second kappa shape index (κ2) is 12.2. The van der Waals surface area contributed by atoms with Gasteiger partial charge in [0, 0.05) is 69.6 Å². The average Bonchev–Trinajstić information content (AvgIpc) is 3.65. The van der Waals surface area contributed by atoms with E-state index in [1.54, 1.807) is 24.4 Å². The van der Waals surface area contributed by atoms with Gasteiger partial charge in [-0.05, 0) is 68.0 Å². The fourth-order valence-electron chi connectivity index (χ4n) is 5.80. The number of aromatic nitrogens is 2. The van der Waals surface area contributed by atoms with E-state index >= 15 is 0 Å². The highest BCUT2D eigenvalue weighted by Gasteiger charge is 2.33. The van der Waals surface area contributed by atoms with Gasteiger partial charge in [0.1, 0.15) is 11.5 Å². The Bertz CT molecular complexity index is 1570. The van der Waals surface area contributed by atoms with Gasteiger partial charge in [-0.3, -0.25) is 24.6 Å². The first-order chi connectivity index (χ1) is 20.3. The van der Waals surface area contributed by atoms with E-state index in [9.17, 15) is 14.3 Å². The number of benzene rings is 1. The van der Waals surface area contributed by atoms with Crippen molar-refractivity contribution in [2.75, 3.05) is 32.8 Å². The van der Waals surface area contributed by atoms with Crippen molar-refractivity contribution >= 4 is 27.3 Å². The summed E-state index contributed by atoms with van der Waals surface area (Å²) in [7, 11) is 0. The second-order valence-corrected chi connectivity index (χ2v) is 13.2. The molecule has 3 aromatic heterocycles. The molecule has 0 unspecified atom stereocenters. The molecule has 1 aromatic carbocycles.